The van der Waals surface area contributed by atoms with Crippen LogP contribution in [0, 0.1) is 5.92 Å². The molecule has 2 rings (SSSR count). The number of ether oxygens (including phenoxy) is 2. The molecule has 2 N–H and O–H groups in total. The van der Waals surface area contributed by atoms with E-state index in [0.29, 0.717) is 12.5 Å². The first-order chi connectivity index (χ1) is 10.2. The maximum Gasteiger partial charge on any atom is 0.161 e. The molecule has 1 aromatic rings. The molecule has 1 fully saturated rings. The van der Waals surface area contributed by atoms with E-state index in [9.17, 15) is 5.11 Å². The van der Waals surface area contributed by atoms with Gasteiger partial charge in [-0.3, -0.25) is 0 Å². The SMILES string of the molecule is C=CCOc1ccc(CNCC2CCCC2O)cc1OC. The lowest BCUT2D eigenvalue weighted by Crippen LogP contribution is -2.27. The van der Waals surface area contributed by atoms with Gasteiger partial charge in [0.1, 0.15) is 6.61 Å². The molecule has 0 aromatic heterocycles. The van der Waals surface area contributed by atoms with Crippen LogP contribution in [0.1, 0.15) is 24.8 Å². The fraction of sp³-hybridized carbons (Fsp3) is 0.529. The summed E-state index contributed by atoms with van der Waals surface area (Å²) in [4.78, 5) is 0. The van der Waals surface area contributed by atoms with Crippen molar-refractivity contribution < 1.29 is 14.6 Å². The molecule has 0 saturated heterocycles. The smallest absolute Gasteiger partial charge is 0.161 e. The molecule has 0 radical (unpaired) electrons. The Balaban J connectivity index is 1.86. The van der Waals surface area contributed by atoms with Crippen molar-refractivity contribution in [3.8, 4) is 11.5 Å². The zero-order chi connectivity index (χ0) is 15.1. The molecule has 1 saturated carbocycles. The molecule has 1 aromatic carbocycles. The van der Waals surface area contributed by atoms with Gasteiger partial charge in [0, 0.05) is 13.1 Å². The Morgan fingerprint density at radius 3 is 2.90 bits per heavy atom. The van der Waals surface area contributed by atoms with Gasteiger partial charge in [0.25, 0.3) is 0 Å². The number of nitrogens with one attached hydrogen (secondary N) is 1. The number of aliphatic hydroxyl groups excluding tert-OH is 1. The predicted molar refractivity (Wildman–Crippen MR) is 83.7 cm³/mol. The van der Waals surface area contributed by atoms with E-state index in [4.69, 9.17) is 9.47 Å². The molecule has 0 heterocycles. The van der Waals surface area contributed by atoms with Gasteiger partial charge in [-0.05, 0) is 36.5 Å². The Kier molecular flexibility index (Phi) is 6.08. The maximum atomic E-state index is 9.80. The fourth-order valence-corrected chi connectivity index (χ4v) is 2.75. The van der Waals surface area contributed by atoms with Crippen molar-refractivity contribution in [2.75, 3.05) is 20.3 Å². The monoisotopic (exact) mass is 291 g/mol. The Bertz CT molecular complexity index is 461. The molecule has 1 aliphatic carbocycles. The molecule has 4 heteroatoms. The Hall–Kier alpha value is -1.52. The topological polar surface area (TPSA) is 50.7 Å². The highest BCUT2D eigenvalue weighted by Crippen LogP contribution is 2.28. The highest BCUT2D eigenvalue weighted by molar-refractivity contribution is 5.43. The van der Waals surface area contributed by atoms with Crippen LogP contribution in [0.25, 0.3) is 0 Å². The summed E-state index contributed by atoms with van der Waals surface area (Å²) in [7, 11) is 1.64. The molecule has 21 heavy (non-hydrogen) atoms. The van der Waals surface area contributed by atoms with E-state index in [0.717, 1.165) is 49.4 Å². The second-order valence-corrected chi connectivity index (χ2v) is 5.47. The van der Waals surface area contributed by atoms with Crippen LogP contribution in [0.4, 0.5) is 0 Å². The number of benzene rings is 1. The van der Waals surface area contributed by atoms with Gasteiger partial charge in [0.05, 0.1) is 13.2 Å². The molecule has 1 aliphatic rings. The van der Waals surface area contributed by atoms with Crippen LogP contribution in [-0.4, -0.2) is 31.5 Å². The summed E-state index contributed by atoms with van der Waals surface area (Å²) in [6.07, 6.45) is 4.77. The van der Waals surface area contributed by atoms with Gasteiger partial charge in [-0.15, -0.1) is 0 Å². The molecule has 0 bridgehead atoms. The van der Waals surface area contributed by atoms with E-state index in [1.165, 1.54) is 0 Å². The number of rotatable bonds is 8. The first-order valence-corrected chi connectivity index (χ1v) is 7.54. The molecule has 0 spiro atoms. The fourth-order valence-electron chi connectivity index (χ4n) is 2.75. The van der Waals surface area contributed by atoms with E-state index in [-0.39, 0.29) is 6.10 Å². The van der Waals surface area contributed by atoms with Crippen molar-refractivity contribution in [1.29, 1.82) is 0 Å². The second kappa shape index (κ2) is 8.05. The predicted octanol–water partition coefficient (Wildman–Crippen LogP) is 2.51. The first-order valence-electron chi connectivity index (χ1n) is 7.54. The van der Waals surface area contributed by atoms with Crippen molar-refractivity contribution >= 4 is 0 Å². The van der Waals surface area contributed by atoms with Gasteiger partial charge >= 0.3 is 0 Å². The summed E-state index contributed by atoms with van der Waals surface area (Å²) in [5.74, 6) is 1.85. The minimum atomic E-state index is -0.137. The van der Waals surface area contributed by atoms with Gasteiger partial charge in [-0.25, -0.2) is 0 Å². The van der Waals surface area contributed by atoms with Crippen molar-refractivity contribution in [1.82, 2.24) is 5.32 Å². The summed E-state index contributed by atoms with van der Waals surface area (Å²) in [5, 5.41) is 13.2. The second-order valence-electron chi connectivity index (χ2n) is 5.47. The zero-order valence-electron chi connectivity index (χ0n) is 12.7. The minimum Gasteiger partial charge on any atom is -0.493 e. The van der Waals surface area contributed by atoms with Crippen LogP contribution in [-0.2, 0) is 6.54 Å². The number of hydrogen-bond acceptors (Lipinski definition) is 4. The Morgan fingerprint density at radius 1 is 1.38 bits per heavy atom. The van der Waals surface area contributed by atoms with Gasteiger partial charge < -0.3 is 19.9 Å². The standard InChI is InChI=1S/C17H25NO3/c1-3-9-21-16-8-7-13(10-17(16)20-2)11-18-12-14-5-4-6-15(14)19/h3,7-8,10,14-15,18-19H,1,4-6,9,11-12H2,2H3. The average molecular weight is 291 g/mol. The lowest BCUT2D eigenvalue weighted by molar-refractivity contribution is 0.131. The normalized spacial score (nSPS) is 21.2. The molecular formula is C17H25NO3. The van der Waals surface area contributed by atoms with Crippen molar-refractivity contribution in [3.63, 3.8) is 0 Å². The van der Waals surface area contributed by atoms with Crippen molar-refractivity contribution in [3.05, 3.63) is 36.4 Å². The Morgan fingerprint density at radius 2 is 2.24 bits per heavy atom. The lowest BCUT2D eigenvalue weighted by Gasteiger charge is -2.16. The van der Waals surface area contributed by atoms with Crippen LogP contribution in [0.15, 0.2) is 30.9 Å². The van der Waals surface area contributed by atoms with Crippen molar-refractivity contribution in [2.45, 2.75) is 31.9 Å². The van der Waals surface area contributed by atoms with E-state index < -0.39 is 0 Å². The van der Waals surface area contributed by atoms with Gasteiger partial charge in [0.2, 0.25) is 0 Å². The zero-order valence-corrected chi connectivity index (χ0v) is 12.7. The molecule has 2 atom stereocenters. The average Bonchev–Trinajstić information content (AvgIpc) is 2.91. The van der Waals surface area contributed by atoms with Crippen LogP contribution >= 0.6 is 0 Å². The minimum absolute atomic E-state index is 0.137. The van der Waals surface area contributed by atoms with Crippen LogP contribution in [0.5, 0.6) is 11.5 Å². The third-order valence-corrected chi connectivity index (χ3v) is 3.94. The van der Waals surface area contributed by atoms with Crippen LogP contribution in [0.2, 0.25) is 0 Å². The maximum absolute atomic E-state index is 9.80. The molecule has 2 unspecified atom stereocenters. The lowest BCUT2D eigenvalue weighted by atomic mass is 10.1. The number of hydrogen-bond donors (Lipinski definition) is 2. The van der Waals surface area contributed by atoms with Crippen LogP contribution in [0.3, 0.4) is 0 Å². The third-order valence-electron chi connectivity index (χ3n) is 3.94. The summed E-state index contributed by atoms with van der Waals surface area (Å²) < 4.78 is 10.9. The third kappa shape index (κ3) is 4.48. The largest absolute Gasteiger partial charge is 0.493 e. The first kappa shape index (κ1) is 15.9. The van der Waals surface area contributed by atoms with E-state index in [1.54, 1.807) is 13.2 Å². The van der Waals surface area contributed by atoms with E-state index in [1.807, 2.05) is 18.2 Å². The van der Waals surface area contributed by atoms with E-state index >= 15 is 0 Å². The highest BCUT2D eigenvalue weighted by Gasteiger charge is 2.24. The number of methoxy groups -OCH3 is 1. The summed E-state index contributed by atoms with van der Waals surface area (Å²) in [6.45, 7) is 5.73. The van der Waals surface area contributed by atoms with Gasteiger partial charge in [-0.1, -0.05) is 25.1 Å². The van der Waals surface area contributed by atoms with E-state index in [2.05, 4.69) is 11.9 Å². The molecule has 0 amide bonds. The molecule has 116 valence electrons. The highest BCUT2D eigenvalue weighted by atomic mass is 16.5. The summed E-state index contributed by atoms with van der Waals surface area (Å²) in [5.41, 5.74) is 1.14. The molecular weight excluding hydrogens is 266 g/mol. The van der Waals surface area contributed by atoms with Gasteiger partial charge in [0.15, 0.2) is 11.5 Å². The number of aliphatic hydroxyl groups is 1. The van der Waals surface area contributed by atoms with Crippen LogP contribution < -0.4 is 14.8 Å². The van der Waals surface area contributed by atoms with Gasteiger partial charge in [-0.2, -0.15) is 0 Å². The Labute approximate surface area is 126 Å². The summed E-state index contributed by atoms with van der Waals surface area (Å²) in [6, 6.07) is 5.93. The molecule has 0 aliphatic heterocycles. The van der Waals surface area contributed by atoms with Crippen molar-refractivity contribution in [2.24, 2.45) is 5.92 Å². The quantitative estimate of drug-likeness (QED) is 0.723. The summed E-state index contributed by atoms with van der Waals surface area (Å²) >= 11 is 0. The molecule has 4 nitrogen and oxygen atoms in total.